The molecule has 0 radical (unpaired) electrons. The van der Waals surface area contributed by atoms with Crippen LogP contribution in [0.3, 0.4) is 0 Å². The Hall–Kier alpha value is -1.84. The molecule has 0 saturated carbocycles. The van der Waals surface area contributed by atoms with Crippen LogP contribution < -0.4 is 0 Å². The van der Waals surface area contributed by atoms with Crippen molar-refractivity contribution in [3.63, 3.8) is 0 Å². The molecule has 0 bridgehead atoms. The van der Waals surface area contributed by atoms with Gasteiger partial charge in [-0.25, -0.2) is 0 Å². The quantitative estimate of drug-likeness (QED) is 0.898. The second-order valence-electron chi connectivity index (χ2n) is 5.01. The minimum atomic E-state index is -0.803. The van der Waals surface area contributed by atoms with E-state index in [1.165, 1.54) is 5.56 Å². The van der Waals surface area contributed by atoms with E-state index in [0.717, 1.165) is 12.0 Å². The number of likely N-dealkylation sites (tertiary alicyclic amines) is 1. The van der Waals surface area contributed by atoms with Gasteiger partial charge >= 0.3 is 5.97 Å². The first-order valence-corrected chi connectivity index (χ1v) is 6.68. The van der Waals surface area contributed by atoms with Crippen molar-refractivity contribution in [2.24, 2.45) is 5.92 Å². The first-order valence-electron chi connectivity index (χ1n) is 6.68. The largest absolute Gasteiger partial charge is 0.481 e. The SMILES string of the molecule is CCc1ccc(CC(=O)N2CCC(C(=O)O)C2)cc1. The second kappa shape index (κ2) is 5.87. The van der Waals surface area contributed by atoms with Crippen LogP contribution in [0.25, 0.3) is 0 Å². The molecule has 1 aromatic carbocycles. The molecule has 1 atom stereocenters. The van der Waals surface area contributed by atoms with Gasteiger partial charge in [0.25, 0.3) is 0 Å². The Balaban J connectivity index is 1.92. The maximum absolute atomic E-state index is 12.1. The van der Waals surface area contributed by atoms with Crippen molar-refractivity contribution in [1.29, 1.82) is 0 Å². The Kier molecular flexibility index (Phi) is 4.20. The topological polar surface area (TPSA) is 57.6 Å². The Bertz CT molecular complexity index is 467. The summed E-state index contributed by atoms with van der Waals surface area (Å²) >= 11 is 0. The Morgan fingerprint density at radius 1 is 1.26 bits per heavy atom. The molecule has 1 aliphatic rings. The summed E-state index contributed by atoms with van der Waals surface area (Å²) in [5.41, 5.74) is 2.24. The molecule has 2 rings (SSSR count). The number of aliphatic carboxylic acids is 1. The third-order valence-corrected chi connectivity index (χ3v) is 3.68. The van der Waals surface area contributed by atoms with Gasteiger partial charge in [-0.15, -0.1) is 0 Å². The summed E-state index contributed by atoms with van der Waals surface area (Å²) in [5, 5.41) is 8.92. The van der Waals surface area contributed by atoms with E-state index in [1.807, 2.05) is 24.3 Å². The summed E-state index contributed by atoms with van der Waals surface area (Å²) in [7, 11) is 0. The fraction of sp³-hybridized carbons (Fsp3) is 0.467. The van der Waals surface area contributed by atoms with Crippen molar-refractivity contribution in [3.05, 3.63) is 35.4 Å². The number of hydrogen-bond acceptors (Lipinski definition) is 2. The minimum Gasteiger partial charge on any atom is -0.481 e. The molecule has 1 amide bonds. The van der Waals surface area contributed by atoms with Crippen molar-refractivity contribution in [2.75, 3.05) is 13.1 Å². The molecule has 1 saturated heterocycles. The van der Waals surface area contributed by atoms with Gasteiger partial charge in [0.1, 0.15) is 0 Å². The van der Waals surface area contributed by atoms with Crippen LogP contribution in [0.4, 0.5) is 0 Å². The van der Waals surface area contributed by atoms with Gasteiger partial charge in [-0.1, -0.05) is 31.2 Å². The number of benzene rings is 1. The summed E-state index contributed by atoms with van der Waals surface area (Å²) in [4.78, 5) is 24.6. The number of carboxylic acids is 1. The zero-order valence-corrected chi connectivity index (χ0v) is 11.1. The van der Waals surface area contributed by atoms with Crippen LogP contribution in [-0.4, -0.2) is 35.0 Å². The highest BCUT2D eigenvalue weighted by Crippen LogP contribution is 2.17. The molecule has 4 nitrogen and oxygen atoms in total. The average Bonchev–Trinajstić information content (AvgIpc) is 2.89. The van der Waals surface area contributed by atoms with Gasteiger partial charge in [0.05, 0.1) is 12.3 Å². The van der Waals surface area contributed by atoms with Crippen LogP contribution in [0.1, 0.15) is 24.5 Å². The fourth-order valence-corrected chi connectivity index (χ4v) is 2.37. The number of carbonyl (C=O) groups excluding carboxylic acids is 1. The second-order valence-corrected chi connectivity index (χ2v) is 5.01. The van der Waals surface area contributed by atoms with Gasteiger partial charge in [0.15, 0.2) is 0 Å². The van der Waals surface area contributed by atoms with Crippen LogP contribution in [-0.2, 0) is 22.4 Å². The predicted octanol–water partition coefficient (Wildman–Crippen LogP) is 1.72. The fourth-order valence-electron chi connectivity index (χ4n) is 2.37. The molecule has 1 aliphatic heterocycles. The molecule has 19 heavy (non-hydrogen) atoms. The summed E-state index contributed by atoms with van der Waals surface area (Å²) < 4.78 is 0. The molecule has 1 unspecified atom stereocenters. The maximum Gasteiger partial charge on any atom is 0.308 e. The molecule has 4 heteroatoms. The third kappa shape index (κ3) is 3.34. The highest BCUT2D eigenvalue weighted by molar-refractivity contribution is 5.80. The lowest BCUT2D eigenvalue weighted by Gasteiger charge is -2.15. The van der Waals surface area contributed by atoms with Gasteiger partial charge in [-0.2, -0.15) is 0 Å². The molecule has 1 heterocycles. The van der Waals surface area contributed by atoms with Crippen LogP contribution >= 0.6 is 0 Å². The maximum atomic E-state index is 12.1. The highest BCUT2D eigenvalue weighted by Gasteiger charge is 2.30. The van der Waals surface area contributed by atoms with Crippen molar-refractivity contribution in [2.45, 2.75) is 26.2 Å². The Morgan fingerprint density at radius 2 is 1.89 bits per heavy atom. The van der Waals surface area contributed by atoms with E-state index in [0.29, 0.717) is 25.9 Å². The van der Waals surface area contributed by atoms with E-state index in [2.05, 4.69) is 6.92 Å². The zero-order chi connectivity index (χ0) is 13.8. The van der Waals surface area contributed by atoms with E-state index >= 15 is 0 Å². The predicted molar refractivity (Wildman–Crippen MR) is 71.8 cm³/mol. The van der Waals surface area contributed by atoms with Gasteiger partial charge in [-0.3, -0.25) is 9.59 Å². The van der Waals surface area contributed by atoms with E-state index < -0.39 is 11.9 Å². The molecular formula is C15H19NO3. The number of nitrogens with zero attached hydrogens (tertiary/aromatic N) is 1. The summed E-state index contributed by atoms with van der Waals surface area (Å²) in [6.07, 6.45) is 1.91. The lowest BCUT2D eigenvalue weighted by Crippen LogP contribution is -2.31. The van der Waals surface area contributed by atoms with Crippen LogP contribution in [0.15, 0.2) is 24.3 Å². The number of carboxylic acid groups (broad SMARTS) is 1. The first-order chi connectivity index (χ1) is 9.10. The van der Waals surface area contributed by atoms with Crippen molar-refractivity contribution >= 4 is 11.9 Å². The van der Waals surface area contributed by atoms with Crippen LogP contribution in [0, 0.1) is 5.92 Å². The van der Waals surface area contributed by atoms with E-state index in [4.69, 9.17) is 5.11 Å². The van der Waals surface area contributed by atoms with Crippen LogP contribution in [0.2, 0.25) is 0 Å². The standard InChI is InChI=1S/C15H19NO3/c1-2-11-3-5-12(6-4-11)9-14(17)16-8-7-13(10-16)15(18)19/h3-6,13H,2,7-10H2,1H3,(H,18,19). The lowest BCUT2D eigenvalue weighted by molar-refractivity contribution is -0.141. The van der Waals surface area contributed by atoms with E-state index in [9.17, 15) is 9.59 Å². The summed E-state index contributed by atoms with van der Waals surface area (Å²) in [5.74, 6) is -1.18. The minimum absolute atomic E-state index is 0.0213. The Morgan fingerprint density at radius 3 is 2.42 bits per heavy atom. The molecule has 1 fully saturated rings. The Labute approximate surface area is 113 Å². The summed E-state index contributed by atoms with van der Waals surface area (Å²) in [6, 6.07) is 8.02. The molecule has 0 aromatic heterocycles. The monoisotopic (exact) mass is 261 g/mol. The van der Waals surface area contributed by atoms with E-state index in [-0.39, 0.29) is 5.91 Å². The first kappa shape index (κ1) is 13.6. The van der Waals surface area contributed by atoms with Gasteiger partial charge in [0.2, 0.25) is 5.91 Å². The number of carbonyl (C=O) groups is 2. The normalized spacial score (nSPS) is 18.6. The van der Waals surface area contributed by atoms with E-state index in [1.54, 1.807) is 4.90 Å². The number of amides is 1. The number of aryl methyl sites for hydroxylation is 1. The molecular weight excluding hydrogens is 242 g/mol. The van der Waals surface area contributed by atoms with Gasteiger partial charge in [-0.05, 0) is 24.0 Å². The third-order valence-electron chi connectivity index (χ3n) is 3.68. The highest BCUT2D eigenvalue weighted by atomic mass is 16.4. The molecule has 1 aromatic rings. The lowest BCUT2D eigenvalue weighted by atomic mass is 10.1. The molecule has 102 valence electrons. The summed E-state index contributed by atoms with van der Waals surface area (Å²) in [6.45, 7) is 3.00. The molecule has 0 spiro atoms. The number of rotatable bonds is 4. The van der Waals surface area contributed by atoms with Crippen molar-refractivity contribution < 1.29 is 14.7 Å². The van der Waals surface area contributed by atoms with Crippen molar-refractivity contribution in [3.8, 4) is 0 Å². The van der Waals surface area contributed by atoms with Gasteiger partial charge < -0.3 is 10.0 Å². The average molecular weight is 261 g/mol. The smallest absolute Gasteiger partial charge is 0.308 e. The van der Waals surface area contributed by atoms with Gasteiger partial charge in [0, 0.05) is 13.1 Å². The molecule has 1 N–H and O–H groups in total. The number of hydrogen-bond donors (Lipinski definition) is 1. The van der Waals surface area contributed by atoms with Crippen molar-refractivity contribution in [1.82, 2.24) is 4.90 Å². The zero-order valence-electron chi connectivity index (χ0n) is 11.1. The van der Waals surface area contributed by atoms with Crippen LogP contribution in [0.5, 0.6) is 0 Å². The molecule has 0 aliphatic carbocycles.